The molecule has 3 N–H and O–H groups in total. The molecule has 0 spiro atoms. The summed E-state index contributed by atoms with van der Waals surface area (Å²) in [5, 5.41) is 8.81. The smallest absolute Gasteiger partial charge is 0.320 e. The summed E-state index contributed by atoms with van der Waals surface area (Å²) in [6.07, 6.45) is -0.109. The molecule has 0 aliphatic rings. The highest BCUT2D eigenvalue weighted by atomic mass is 35.5. The zero-order chi connectivity index (χ0) is 11.6. The first kappa shape index (κ1) is 11.9. The Hall–Kier alpha value is -1.13. The van der Waals surface area contributed by atoms with Gasteiger partial charge in [-0.05, 0) is 18.6 Å². The fraction of sp³-hybridized carbons (Fsp3) is 0.300. The minimum Gasteiger partial charge on any atom is -0.480 e. The lowest BCUT2D eigenvalue weighted by Crippen LogP contribution is -2.32. The molecule has 0 saturated carbocycles. The molecule has 3 nitrogen and oxygen atoms in total. The monoisotopic (exact) mass is 231 g/mol. The molecule has 0 bridgehead atoms. The molecular formula is C10H11ClFNO2. The van der Waals surface area contributed by atoms with Crippen molar-refractivity contribution in [2.75, 3.05) is 0 Å². The van der Waals surface area contributed by atoms with Gasteiger partial charge in [0, 0.05) is 17.0 Å². The molecule has 0 saturated heterocycles. The molecule has 0 radical (unpaired) electrons. The fourth-order valence-electron chi connectivity index (χ4n) is 1.21. The van der Waals surface area contributed by atoms with Crippen molar-refractivity contribution in [2.45, 2.75) is 19.4 Å². The normalized spacial score (nSPS) is 12.5. The number of aliphatic carboxylic acids is 1. The van der Waals surface area contributed by atoms with Crippen LogP contribution < -0.4 is 5.73 Å². The van der Waals surface area contributed by atoms with E-state index in [1.807, 2.05) is 0 Å². The maximum Gasteiger partial charge on any atom is 0.320 e. The molecule has 1 rings (SSSR count). The number of carboxylic acid groups (broad SMARTS) is 1. The lowest BCUT2D eigenvalue weighted by molar-refractivity contribution is -0.138. The first-order valence-corrected chi connectivity index (χ1v) is 4.73. The minimum absolute atomic E-state index is 0.109. The van der Waals surface area contributed by atoms with E-state index in [0.29, 0.717) is 5.56 Å². The van der Waals surface area contributed by atoms with E-state index in [-0.39, 0.29) is 17.0 Å². The Morgan fingerprint density at radius 3 is 2.80 bits per heavy atom. The highest BCUT2D eigenvalue weighted by Crippen LogP contribution is 2.23. The Morgan fingerprint density at radius 1 is 1.67 bits per heavy atom. The summed E-state index contributed by atoms with van der Waals surface area (Å²) in [5.74, 6) is -1.66. The summed E-state index contributed by atoms with van der Waals surface area (Å²) in [4.78, 5) is 10.5. The molecule has 0 fully saturated rings. The summed E-state index contributed by atoms with van der Waals surface area (Å²) >= 11 is 5.76. The maximum absolute atomic E-state index is 13.6. The molecule has 0 heterocycles. The zero-order valence-electron chi connectivity index (χ0n) is 8.13. The van der Waals surface area contributed by atoms with E-state index >= 15 is 0 Å². The van der Waals surface area contributed by atoms with Gasteiger partial charge in [0.1, 0.15) is 11.9 Å². The van der Waals surface area contributed by atoms with Gasteiger partial charge in [-0.3, -0.25) is 4.79 Å². The van der Waals surface area contributed by atoms with Crippen molar-refractivity contribution >= 4 is 17.6 Å². The van der Waals surface area contributed by atoms with E-state index in [4.69, 9.17) is 22.4 Å². The second-order valence-electron chi connectivity index (χ2n) is 3.31. The van der Waals surface area contributed by atoms with Crippen molar-refractivity contribution in [3.05, 3.63) is 34.1 Å². The third kappa shape index (κ3) is 2.67. The van der Waals surface area contributed by atoms with Gasteiger partial charge in [-0.1, -0.05) is 17.7 Å². The van der Waals surface area contributed by atoms with Crippen LogP contribution in [0.5, 0.6) is 0 Å². The van der Waals surface area contributed by atoms with Gasteiger partial charge in [-0.15, -0.1) is 0 Å². The Balaban J connectivity index is 3.03. The highest BCUT2D eigenvalue weighted by Gasteiger charge is 2.18. The Labute approximate surface area is 91.7 Å². The van der Waals surface area contributed by atoms with Crippen molar-refractivity contribution in [1.82, 2.24) is 0 Å². The molecule has 1 aromatic rings. The summed E-state index contributed by atoms with van der Waals surface area (Å²) in [5.41, 5.74) is 5.89. The molecule has 0 aliphatic heterocycles. The first-order chi connectivity index (χ1) is 6.93. The molecule has 1 atom stereocenters. The van der Waals surface area contributed by atoms with E-state index < -0.39 is 17.8 Å². The van der Waals surface area contributed by atoms with Crippen LogP contribution in [0, 0.1) is 12.7 Å². The van der Waals surface area contributed by atoms with E-state index in [2.05, 4.69) is 0 Å². The van der Waals surface area contributed by atoms with Crippen LogP contribution in [0.15, 0.2) is 12.1 Å². The number of carboxylic acids is 1. The summed E-state index contributed by atoms with van der Waals surface area (Å²) in [6.45, 7) is 1.58. The number of rotatable bonds is 3. The molecular weight excluding hydrogens is 221 g/mol. The number of halogens is 2. The van der Waals surface area contributed by atoms with Crippen molar-refractivity contribution < 1.29 is 14.3 Å². The van der Waals surface area contributed by atoms with Crippen LogP contribution in [0.2, 0.25) is 5.02 Å². The summed E-state index contributed by atoms with van der Waals surface area (Å²) in [7, 11) is 0. The van der Waals surface area contributed by atoms with Crippen LogP contribution in [0.4, 0.5) is 4.39 Å². The number of nitrogens with two attached hydrogens (primary N) is 1. The number of aryl methyl sites for hydroxylation is 1. The first-order valence-electron chi connectivity index (χ1n) is 4.35. The van der Waals surface area contributed by atoms with E-state index in [1.165, 1.54) is 12.1 Å². The predicted molar refractivity (Wildman–Crippen MR) is 55.5 cm³/mol. The average molecular weight is 232 g/mol. The topological polar surface area (TPSA) is 63.3 Å². The van der Waals surface area contributed by atoms with Gasteiger partial charge in [-0.25, -0.2) is 4.39 Å². The molecule has 0 aromatic heterocycles. The quantitative estimate of drug-likeness (QED) is 0.833. The lowest BCUT2D eigenvalue weighted by atomic mass is 10.0. The number of hydrogen-bond donors (Lipinski definition) is 2. The van der Waals surface area contributed by atoms with Crippen LogP contribution in [0.25, 0.3) is 0 Å². The molecule has 15 heavy (non-hydrogen) atoms. The minimum atomic E-state index is -1.17. The van der Waals surface area contributed by atoms with Gasteiger partial charge in [0.15, 0.2) is 0 Å². The van der Waals surface area contributed by atoms with E-state index in [9.17, 15) is 9.18 Å². The third-order valence-corrected chi connectivity index (χ3v) is 2.47. The van der Waals surface area contributed by atoms with Crippen molar-refractivity contribution in [2.24, 2.45) is 5.73 Å². The maximum atomic E-state index is 13.6. The number of benzene rings is 1. The standard InChI is InChI=1S/C10H11ClFNO2/c1-5-2-3-7(11)6(9(5)12)4-8(13)10(14)15/h2-3,8H,4,13H2,1H3,(H,14,15). The van der Waals surface area contributed by atoms with Crippen LogP contribution in [0.3, 0.4) is 0 Å². The van der Waals surface area contributed by atoms with Crippen molar-refractivity contribution in [1.29, 1.82) is 0 Å². The predicted octanol–water partition coefficient (Wildman–Crippen LogP) is 1.74. The van der Waals surface area contributed by atoms with Crippen LogP contribution >= 0.6 is 11.6 Å². The largest absolute Gasteiger partial charge is 0.480 e. The average Bonchev–Trinajstić information content (AvgIpc) is 2.18. The lowest BCUT2D eigenvalue weighted by Gasteiger charge is -2.10. The highest BCUT2D eigenvalue weighted by molar-refractivity contribution is 6.31. The third-order valence-electron chi connectivity index (χ3n) is 2.12. The van der Waals surface area contributed by atoms with Gasteiger partial charge in [0.2, 0.25) is 0 Å². The Bertz CT molecular complexity index is 395. The van der Waals surface area contributed by atoms with Crippen LogP contribution in [-0.2, 0) is 11.2 Å². The molecule has 5 heteroatoms. The van der Waals surface area contributed by atoms with Gasteiger partial charge in [0.25, 0.3) is 0 Å². The van der Waals surface area contributed by atoms with Crippen molar-refractivity contribution in [3.63, 3.8) is 0 Å². The molecule has 0 aliphatic carbocycles. The van der Waals surface area contributed by atoms with Crippen molar-refractivity contribution in [3.8, 4) is 0 Å². The Kier molecular flexibility index (Phi) is 3.66. The van der Waals surface area contributed by atoms with Crippen LogP contribution in [0.1, 0.15) is 11.1 Å². The zero-order valence-corrected chi connectivity index (χ0v) is 8.88. The van der Waals surface area contributed by atoms with Gasteiger partial charge >= 0.3 is 5.97 Å². The molecule has 0 amide bonds. The van der Waals surface area contributed by atoms with E-state index in [1.54, 1.807) is 6.92 Å². The Morgan fingerprint density at radius 2 is 2.27 bits per heavy atom. The van der Waals surface area contributed by atoms with Gasteiger partial charge < -0.3 is 10.8 Å². The fourth-order valence-corrected chi connectivity index (χ4v) is 1.43. The van der Waals surface area contributed by atoms with Crippen LogP contribution in [-0.4, -0.2) is 17.1 Å². The molecule has 82 valence electrons. The van der Waals surface area contributed by atoms with Gasteiger partial charge in [0.05, 0.1) is 0 Å². The molecule has 1 aromatic carbocycles. The summed E-state index contributed by atoms with van der Waals surface area (Å²) in [6, 6.07) is 1.93. The second kappa shape index (κ2) is 4.59. The van der Waals surface area contributed by atoms with Gasteiger partial charge in [-0.2, -0.15) is 0 Å². The number of hydrogen-bond acceptors (Lipinski definition) is 2. The number of carbonyl (C=O) groups is 1. The second-order valence-corrected chi connectivity index (χ2v) is 3.71. The molecule has 1 unspecified atom stereocenters. The summed E-state index contributed by atoms with van der Waals surface area (Å²) < 4.78 is 13.6. The SMILES string of the molecule is Cc1ccc(Cl)c(CC(N)C(=O)O)c1F. The van der Waals surface area contributed by atoms with E-state index in [0.717, 1.165) is 0 Å².